The summed E-state index contributed by atoms with van der Waals surface area (Å²) in [7, 11) is 0. The molecule has 30 heavy (non-hydrogen) atoms. The summed E-state index contributed by atoms with van der Waals surface area (Å²) in [5.74, 6) is 1.21. The van der Waals surface area contributed by atoms with Crippen molar-refractivity contribution < 1.29 is 14.3 Å². The second-order valence-corrected chi connectivity index (χ2v) is 9.75. The molecule has 1 atom stereocenters. The molecule has 0 unspecified atom stereocenters. The Morgan fingerprint density at radius 2 is 1.90 bits per heavy atom. The predicted octanol–water partition coefficient (Wildman–Crippen LogP) is 3.96. The summed E-state index contributed by atoms with van der Waals surface area (Å²) in [5.41, 5.74) is 2.38. The number of ether oxygens (including phenoxy) is 1. The summed E-state index contributed by atoms with van der Waals surface area (Å²) in [6.07, 6.45) is 4.89. The number of thiophene rings is 1. The Morgan fingerprint density at radius 3 is 2.60 bits per heavy atom. The van der Waals surface area contributed by atoms with Gasteiger partial charge in [-0.2, -0.15) is 0 Å². The standard InChI is InChI=1S/C24H28N2O3S/c1-16-2-8-19(9-3-16)29-15-21-20-11-13-30-22(20)10-12-25(21)23(27)14-26(18-6-7-18)24(28)17-4-5-17/h2-3,8-9,11,13,17-18,21H,4-7,10,12,14-15H2,1H3/t21-/m1/s1. The third-order valence-electron chi connectivity index (χ3n) is 6.35. The fourth-order valence-corrected chi connectivity index (χ4v) is 5.19. The second-order valence-electron chi connectivity index (χ2n) is 8.75. The van der Waals surface area contributed by atoms with Gasteiger partial charge in [-0.05, 0) is 68.2 Å². The number of hydrogen-bond donors (Lipinski definition) is 0. The van der Waals surface area contributed by atoms with Gasteiger partial charge in [0.1, 0.15) is 18.9 Å². The van der Waals surface area contributed by atoms with Crippen LogP contribution in [0.5, 0.6) is 5.75 Å². The number of carbonyl (C=O) groups is 2. The first-order chi connectivity index (χ1) is 14.6. The van der Waals surface area contributed by atoms with Gasteiger partial charge in [-0.25, -0.2) is 0 Å². The van der Waals surface area contributed by atoms with Crippen molar-refractivity contribution >= 4 is 23.2 Å². The summed E-state index contributed by atoms with van der Waals surface area (Å²) in [6.45, 7) is 3.38. The van der Waals surface area contributed by atoms with Gasteiger partial charge in [0.15, 0.2) is 0 Å². The summed E-state index contributed by atoms with van der Waals surface area (Å²) in [4.78, 5) is 31.2. The summed E-state index contributed by atoms with van der Waals surface area (Å²) in [5, 5.41) is 2.10. The highest BCUT2D eigenvalue weighted by Crippen LogP contribution is 2.37. The van der Waals surface area contributed by atoms with E-state index < -0.39 is 0 Å². The maximum absolute atomic E-state index is 13.4. The Bertz CT molecular complexity index is 930. The molecule has 1 aromatic carbocycles. The Balaban J connectivity index is 1.32. The van der Waals surface area contributed by atoms with Crippen molar-refractivity contribution in [2.45, 2.75) is 51.1 Å². The van der Waals surface area contributed by atoms with Crippen LogP contribution in [0, 0.1) is 12.8 Å². The lowest BCUT2D eigenvalue weighted by Gasteiger charge is -2.37. The lowest BCUT2D eigenvalue weighted by atomic mass is 10.0. The molecule has 2 heterocycles. The Hall–Kier alpha value is -2.34. The highest BCUT2D eigenvalue weighted by molar-refractivity contribution is 7.10. The Morgan fingerprint density at radius 1 is 1.13 bits per heavy atom. The minimum absolute atomic E-state index is 0.0465. The normalized spacial score (nSPS) is 20.6. The van der Waals surface area contributed by atoms with Gasteiger partial charge in [-0.1, -0.05) is 17.7 Å². The highest BCUT2D eigenvalue weighted by atomic mass is 32.1. The zero-order chi connectivity index (χ0) is 20.7. The van der Waals surface area contributed by atoms with E-state index in [0.717, 1.165) is 37.9 Å². The van der Waals surface area contributed by atoms with Gasteiger partial charge in [0, 0.05) is 23.4 Å². The molecule has 0 N–H and O–H groups in total. The van der Waals surface area contributed by atoms with Crippen molar-refractivity contribution in [2.24, 2.45) is 5.92 Å². The number of aryl methyl sites for hydroxylation is 1. The fourth-order valence-electron chi connectivity index (χ4n) is 4.26. The fraction of sp³-hybridized carbons (Fsp3) is 0.500. The zero-order valence-corrected chi connectivity index (χ0v) is 18.2. The lowest BCUT2D eigenvalue weighted by molar-refractivity contribution is -0.143. The third-order valence-corrected chi connectivity index (χ3v) is 7.34. The van der Waals surface area contributed by atoms with Gasteiger partial charge in [0.2, 0.25) is 11.8 Å². The number of amides is 2. The van der Waals surface area contributed by atoms with Crippen LogP contribution in [-0.2, 0) is 16.0 Å². The van der Waals surface area contributed by atoms with E-state index >= 15 is 0 Å². The molecule has 2 fully saturated rings. The number of hydrogen-bond acceptors (Lipinski definition) is 4. The molecule has 2 amide bonds. The van der Waals surface area contributed by atoms with E-state index in [4.69, 9.17) is 4.74 Å². The van der Waals surface area contributed by atoms with Gasteiger partial charge in [0.25, 0.3) is 0 Å². The first-order valence-electron chi connectivity index (χ1n) is 11.0. The number of benzene rings is 1. The molecule has 5 rings (SSSR count). The van der Waals surface area contributed by atoms with E-state index in [2.05, 4.69) is 18.4 Å². The van der Waals surface area contributed by atoms with E-state index in [1.54, 1.807) is 11.3 Å². The number of fused-ring (bicyclic) bond motifs is 1. The lowest BCUT2D eigenvalue weighted by Crippen LogP contribution is -2.48. The van der Waals surface area contributed by atoms with Crippen molar-refractivity contribution in [3.8, 4) is 5.75 Å². The molecular formula is C24H28N2O3S. The zero-order valence-electron chi connectivity index (χ0n) is 17.4. The van der Waals surface area contributed by atoms with Crippen molar-refractivity contribution in [1.29, 1.82) is 0 Å². The molecule has 2 aliphatic carbocycles. The average Bonchev–Trinajstić information content (AvgIpc) is 3.68. The highest BCUT2D eigenvalue weighted by Gasteiger charge is 2.42. The second kappa shape index (κ2) is 8.06. The third kappa shape index (κ3) is 4.10. The molecule has 0 spiro atoms. The monoisotopic (exact) mass is 424 g/mol. The van der Waals surface area contributed by atoms with Crippen molar-refractivity contribution in [2.75, 3.05) is 19.7 Å². The molecule has 2 saturated carbocycles. The van der Waals surface area contributed by atoms with Gasteiger partial charge in [-0.15, -0.1) is 11.3 Å². The maximum atomic E-state index is 13.4. The largest absolute Gasteiger partial charge is 0.491 e. The van der Waals surface area contributed by atoms with Crippen LogP contribution in [0.15, 0.2) is 35.7 Å². The molecule has 0 radical (unpaired) electrons. The SMILES string of the molecule is Cc1ccc(OC[C@@H]2c3ccsc3CCN2C(=O)CN(C(=O)C2CC2)C2CC2)cc1. The van der Waals surface area contributed by atoms with Crippen molar-refractivity contribution in [1.82, 2.24) is 9.80 Å². The predicted molar refractivity (Wildman–Crippen MR) is 117 cm³/mol. The first-order valence-corrected chi connectivity index (χ1v) is 11.8. The number of rotatable bonds is 7. The smallest absolute Gasteiger partial charge is 0.242 e. The maximum Gasteiger partial charge on any atom is 0.242 e. The molecule has 1 aliphatic heterocycles. The minimum Gasteiger partial charge on any atom is -0.491 e. The van der Waals surface area contributed by atoms with Crippen molar-refractivity contribution in [3.05, 3.63) is 51.7 Å². The molecular weight excluding hydrogens is 396 g/mol. The molecule has 2 aromatic rings. The van der Waals surface area contributed by atoms with Crippen molar-refractivity contribution in [3.63, 3.8) is 0 Å². The van der Waals surface area contributed by atoms with E-state index in [1.807, 2.05) is 34.1 Å². The van der Waals surface area contributed by atoms with Crippen LogP contribution in [-0.4, -0.2) is 47.4 Å². The van der Waals surface area contributed by atoms with E-state index in [-0.39, 0.29) is 36.4 Å². The molecule has 0 bridgehead atoms. The van der Waals surface area contributed by atoms with Crippen LogP contribution < -0.4 is 4.74 Å². The van der Waals surface area contributed by atoms with Crippen LogP contribution in [0.2, 0.25) is 0 Å². The van der Waals surface area contributed by atoms with Gasteiger partial charge in [0.05, 0.1) is 6.04 Å². The molecule has 3 aliphatic rings. The molecule has 158 valence electrons. The summed E-state index contributed by atoms with van der Waals surface area (Å²) < 4.78 is 6.10. The Labute approximate surface area is 181 Å². The minimum atomic E-state index is -0.106. The van der Waals surface area contributed by atoms with Crippen LogP contribution >= 0.6 is 11.3 Å². The molecule has 6 heteroatoms. The van der Waals surface area contributed by atoms with Gasteiger partial charge >= 0.3 is 0 Å². The number of carbonyl (C=O) groups excluding carboxylic acids is 2. The van der Waals surface area contributed by atoms with Gasteiger partial charge in [-0.3, -0.25) is 9.59 Å². The number of nitrogens with zero attached hydrogens (tertiary/aromatic N) is 2. The van der Waals surface area contributed by atoms with Crippen LogP contribution in [0.25, 0.3) is 0 Å². The van der Waals surface area contributed by atoms with E-state index in [0.29, 0.717) is 13.2 Å². The van der Waals surface area contributed by atoms with E-state index in [1.165, 1.54) is 16.0 Å². The topological polar surface area (TPSA) is 49.9 Å². The molecule has 0 saturated heterocycles. The van der Waals surface area contributed by atoms with Crippen LogP contribution in [0.1, 0.15) is 47.7 Å². The quantitative estimate of drug-likeness (QED) is 0.676. The molecule has 1 aromatic heterocycles. The average molecular weight is 425 g/mol. The van der Waals surface area contributed by atoms with Gasteiger partial charge < -0.3 is 14.5 Å². The summed E-state index contributed by atoms with van der Waals surface area (Å²) in [6, 6.07) is 10.3. The van der Waals surface area contributed by atoms with Crippen LogP contribution in [0.3, 0.4) is 0 Å². The van der Waals surface area contributed by atoms with Crippen LogP contribution in [0.4, 0.5) is 0 Å². The summed E-state index contributed by atoms with van der Waals surface area (Å²) >= 11 is 1.75. The molecule has 5 nitrogen and oxygen atoms in total. The Kier molecular flexibility index (Phi) is 5.27. The first kappa shape index (κ1) is 19.6. The van der Waals surface area contributed by atoms with E-state index in [9.17, 15) is 9.59 Å².